The van der Waals surface area contributed by atoms with Crippen molar-refractivity contribution in [2.24, 2.45) is 0 Å². The van der Waals surface area contributed by atoms with Crippen molar-refractivity contribution in [3.8, 4) is 33.5 Å². The highest BCUT2D eigenvalue weighted by Gasteiger charge is 2.18. The molecule has 0 saturated carbocycles. The topological polar surface area (TPSA) is 38.7 Å². The predicted octanol–water partition coefficient (Wildman–Crippen LogP) is 12.9. The minimum atomic E-state index is 0.931. The van der Waals surface area contributed by atoms with Crippen molar-refractivity contribution in [2.75, 3.05) is 0 Å². The van der Waals surface area contributed by atoms with Gasteiger partial charge in [0.2, 0.25) is 0 Å². The molecule has 0 unspecified atom stereocenters. The van der Waals surface area contributed by atoms with Gasteiger partial charge in [-0.05, 0) is 91.0 Å². The fourth-order valence-corrected chi connectivity index (χ4v) is 8.28. The number of para-hydroxylation sites is 1. The van der Waals surface area contributed by atoms with Gasteiger partial charge < -0.3 is 0 Å². The Morgan fingerprint density at radius 2 is 0.962 bits per heavy atom. The summed E-state index contributed by atoms with van der Waals surface area (Å²) in [4.78, 5) is 14.8. The molecule has 0 atom stereocenters. The van der Waals surface area contributed by atoms with Crippen LogP contribution >= 0.6 is 0 Å². The van der Waals surface area contributed by atoms with Crippen LogP contribution < -0.4 is 0 Å². The lowest BCUT2D eigenvalue weighted by atomic mass is 9.89. The van der Waals surface area contributed by atoms with Crippen molar-refractivity contribution in [1.29, 1.82) is 0 Å². The molecule has 240 valence electrons. The van der Waals surface area contributed by atoms with Crippen LogP contribution in [0.5, 0.6) is 0 Å². The third-order valence-electron chi connectivity index (χ3n) is 10.7. The third kappa shape index (κ3) is 4.36. The van der Waals surface area contributed by atoms with Gasteiger partial charge in [-0.15, -0.1) is 0 Å². The number of benzene rings is 8. The van der Waals surface area contributed by atoms with Gasteiger partial charge in [-0.3, -0.25) is 9.97 Å². The zero-order valence-corrected chi connectivity index (χ0v) is 28.1. The highest BCUT2D eigenvalue weighted by molar-refractivity contribution is 6.33. The van der Waals surface area contributed by atoms with Gasteiger partial charge in [-0.2, -0.15) is 0 Å². The van der Waals surface area contributed by atoms with Crippen molar-refractivity contribution >= 4 is 75.8 Å². The zero-order chi connectivity index (χ0) is 34.2. The number of hydrogen-bond acceptors (Lipinski definition) is 3. The van der Waals surface area contributed by atoms with Crippen molar-refractivity contribution < 1.29 is 0 Å². The van der Waals surface area contributed by atoms with Crippen LogP contribution in [0.15, 0.2) is 176 Å². The van der Waals surface area contributed by atoms with Crippen molar-refractivity contribution in [2.45, 2.75) is 0 Å². The van der Waals surface area contributed by atoms with E-state index in [0.717, 1.165) is 49.7 Å². The Hall–Kier alpha value is -6.97. The summed E-state index contributed by atoms with van der Waals surface area (Å²) < 4.78 is 0. The molecule has 0 spiro atoms. The minimum absolute atomic E-state index is 0.931. The second-order valence-electron chi connectivity index (χ2n) is 13.6. The molecule has 0 saturated heterocycles. The van der Waals surface area contributed by atoms with E-state index in [1.165, 1.54) is 59.6 Å². The Morgan fingerprint density at radius 1 is 0.327 bits per heavy atom. The van der Waals surface area contributed by atoms with E-state index in [9.17, 15) is 0 Å². The van der Waals surface area contributed by atoms with Gasteiger partial charge in [0.15, 0.2) is 0 Å². The molecule has 0 amide bonds. The first-order chi connectivity index (χ1) is 25.8. The highest BCUT2D eigenvalue weighted by Crippen LogP contribution is 2.43. The van der Waals surface area contributed by atoms with Crippen LogP contribution in [0, 0.1) is 0 Å². The van der Waals surface area contributed by atoms with E-state index >= 15 is 0 Å². The first-order valence-electron chi connectivity index (χ1n) is 17.7. The number of pyridine rings is 3. The average molecular weight is 660 g/mol. The summed E-state index contributed by atoms with van der Waals surface area (Å²) in [6.45, 7) is 0. The third-order valence-corrected chi connectivity index (χ3v) is 10.7. The van der Waals surface area contributed by atoms with Crippen molar-refractivity contribution in [3.05, 3.63) is 176 Å². The van der Waals surface area contributed by atoms with Crippen molar-refractivity contribution in [3.63, 3.8) is 0 Å². The predicted molar refractivity (Wildman–Crippen MR) is 219 cm³/mol. The maximum atomic E-state index is 5.38. The van der Waals surface area contributed by atoms with Crippen LogP contribution in [0.1, 0.15) is 0 Å². The first-order valence-corrected chi connectivity index (χ1v) is 17.7. The summed E-state index contributed by atoms with van der Waals surface area (Å²) in [7, 11) is 0. The Kier molecular flexibility index (Phi) is 6.25. The van der Waals surface area contributed by atoms with Crippen LogP contribution in [0.3, 0.4) is 0 Å². The molecule has 3 heterocycles. The molecule has 3 heteroatoms. The van der Waals surface area contributed by atoms with Crippen LogP contribution in [0.4, 0.5) is 0 Å². The molecule has 0 N–H and O–H groups in total. The lowest BCUT2D eigenvalue weighted by Gasteiger charge is -2.16. The highest BCUT2D eigenvalue weighted by atomic mass is 14.7. The van der Waals surface area contributed by atoms with Gasteiger partial charge in [-0.1, -0.05) is 127 Å². The smallest absolute Gasteiger partial charge is 0.0970 e. The summed E-state index contributed by atoms with van der Waals surface area (Å²) >= 11 is 0. The monoisotopic (exact) mass is 659 g/mol. The lowest BCUT2D eigenvalue weighted by Crippen LogP contribution is -1.93. The molecule has 3 aromatic heterocycles. The van der Waals surface area contributed by atoms with Gasteiger partial charge in [0.25, 0.3) is 0 Å². The fraction of sp³-hybridized carbons (Fsp3) is 0. The van der Waals surface area contributed by atoms with Gasteiger partial charge in [0, 0.05) is 44.9 Å². The normalized spacial score (nSPS) is 11.8. The largest absolute Gasteiger partial charge is 0.254 e. The summed E-state index contributed by atoms with van der Waals surface area (Å²) in [6, 6.07) is 59.0. The average Bonchev–Trinajstić information content (AvgIpc) is 3.22. The molecule has 0 bridgehead atoms. The molecule has 8 aromatic carbocycles. The van der Waals surface area contributed by atoms with E-state index in [1.807, 2.05) is 18.5 Å². The molecule has 0 aliphatic carbocycles. The molecular weight excluding hydrogens is 631 g/mol. The molecule has 3 nitrogen and oxygen atoms in total. The lowest BCUT2D eigenvalue weighted by molar-refractivity contribution is 1.37. The van der Waals surface area contributed by atoms with Crippen LogP contribution in [-0.4, -0.2) is 15.0 Å². The Morgan fingerprint density at radius 3 is 1.79 bits per heavy atom. The number of aromatic nitrogens is 3. The number of fused-ring (bicyclic) bond motifs is 12. The van der Waals surface area contributed by atoms with E-state index in [-0.39, 0.29) is 0 Å². The van der Waals surface area contributed by atoms with Gasteiger partial charge in [-0.25, -0.2) is 4.98 Å². The SMILES string of the molecule is c1cc(-c2ccc3cc(-c4ccnc5c4ccc4cccnc45)ccc3c2)cc(-c2nc3ccccc3c3c4ccccc4c4ccccc4c23)c1. The molecule has 0 aliphatic heterocycles. The van der Waals surface area contributed by atoms with Gasteiger partial charge >= 0.3 is 0 Å². The molecule has 11 aromatic rings. The standard InChI is InChI=1S/C49H29N3/c1-3-14-40-38(12-1)39-13-2-4-15-41(39)46-45(40)43-16-5-6-17-44(43)52-47(46)36-10-7-9-31(29-36)32-18-19-34-28-35(21-20-33(34)27-32)37-24-26-51-49-42(37)23-22-30-11-8-25-50-48(30)49/h1-29H. The van der Waals surface area contributed by atoms with E-state index in [0.29, 0.717) is 0 Å². The number of hydrogen-bond donors (Lipinski definition) is 0. The minimum Gasteiger partial charge on any atom is -0.254 e. The molecule has 52 heavy (non-hydrogen) atoms. The summed E-state index contributed by atoms with van der Waals surface area (Å²) in [5, 5.41) is 13.2. The Bertz CT molecular complexity index is 3250. The van der Waals surface area contributed by atoms with Crippen LogP contribution in [0.25, 0.3) is 109 Å². The van der Waals surface area contributed by atoms with Crippen molar-refractivity contribution in [1.82, 2.24) is 15.0 Å². The maximum absolute atomic E-state index is 5.38. The van der Waals surface area contributed by atoms with Crippen LogP contribution in [-0.2, 0) is 0 Å². The van der Waals surface area contributed by atoms with E-state index < -0.39 is 0 Å². The quantitative estimate of drug-likeness (QED) is 0.177. The first kappa shape index (κ1) is 28.8. The van der Waals surface area contributed by atoms with E-state index in [2.05, 4.69) is 163 Å². The Labute approximate surface area is 299 Å². The Balaban J connectivity index is 1.06. The molecular formula is C49H29N3. The maximum Gasteiger partial charge on any atom is 0.0970 e. The summed E-state index contributed by atoms with van der Waals surface area (Å²) in [5.41, 5.74) is 9.65. The second kappa shape index (κ2) is 11.3. The molecule has 0 aliphatic rings. The fourth-order valence-electron chi connectivity index (χ4n) is 8.28. The van der Waals surface area contributed by atoms with Gasteiger partial charge in [0.1, 0.15) is 0 Å². The molecule has 11 rings (SSSR count). The zero-order valence-electron chi connectivity index (χ0n) is 28.1. The summed E-state index contributed by atoms with van der Waals surface area (Å²) in [6.07, 6.45) is 3.73. The van der Waals surface area contributed by atoms with E-state index in [1.54, 1.807) is 0 Å². The number of rotatable bonds is 3. The second-order valence-corrected chi connectivity index (χ2v) is 13.6. The number of nitrogens with zero attached hydrogens (tertiary/aromatic N) is 3. The van der Waals surface area contributed by atoms with Gasteiger partial charge in [0.05, 0.1) is 22.2 Å². The molecule has 0 radical (unpaired) electrons. The molecule has 0 fully saturated rings. The van der Waals surface area contributed by atoms with E-state index in [4.69, 9.17) is 9.97 Å². The van der Waals surface area contributed by atoms with Crippen LogP contribution in [0.2, 0.25) is 0 Å². The summed E-state index contributed by atoms with van der Waals surface area (Å²) in [5.74, 6) is 0.